The van der Waals surface area contributed by atoms with Crippen molar-refractivity contribution in [3.05, 3.63) is 28.1 Å². The summed E-state index contributed by atoms with van der Waals surface area (Å²) in [5.41, 5.74) is 7.50. The highest BCUT2D eigenvalue weighted by Crippen LogP contribution is 2.33. The molecule has 0 fully saturated rings. The second-order valence-corrected chi connectivity index (χ2v) is 5.60. The molecule has 0 unspecified atom stereocenters. The van der Waals surface area contributed by atoms with E-state index < -0.39 is 5.97 Å². The Hall–Kier alpha value is -2.12. The molecule has 0 spiro atoms. The zero-order chi connectivity index (χ0) is 16.1. The first-order valence-corrected chi connectivity index (χ1v) is 7.63. The molecule has 0 saturated heterocycles. The Labute approximate surface area is 132 Å². The number of benzene rings is 1. The van der Waals surface area contributed by atoms with Crippen molar-refractivity contribution in [1.82, 2.24) is 4.98 Å². The van der Waals surface area contributed by atoms with E-state index in [1.165, 1.54) is 0 Å². The molecule has 3 N–H and O–H groups in total. The second-order valence-electron chi connectivity index (χ2n) is 4.52. The fourth-order valence-corrected chi connectivity index (χ4v) is 2.89. The molecule has 6 nitrogen and oxygen atoms in total. The van der Waals surface area contributed by atoms with Gasteiger partial charge < -0.3 is 20.3 Å². The van der Waals surface area contributed by atoms with Gasteiger partial charge in [-0.15, -0.1) is 11.3 Å². The predicted octanol–water partition coefficient (Wildman–Crippen LogP) is 2.68. The lowest BCUT2D eigenvalue weighted by Crippen LogP contribution is -1.99. The number of hydrogen-bond donors (Lipinski definition) is 2. The van der Waals surface area contributed by atoms with E-state index >= 15 is 0 Å². The lowest BCUT2D eigenvalue weighted by atomic mass is 10.1. The number of ether oxygens (including phenoxy) is 2. The fraction of sp³-hybridized carbons (Fsp3) is 0.333. The summed E-state index contributed by atoms with van der Waals surface area (Å²) in [7, 11) is 1.60. The monoisotopic (exact) mass is 322 g/mol. The number of nitrogens with zero attached hydrogens (tertiary/aromatic N) is 1. The van der Waals surface area contributed by atoms with Gasteiger partial charge in [0, 0.05) is 19.1 Å². The van der Waals surface area contributed by atoms with Gasteiger partial charge in [-0.2, -0.15) is 0 Å². The third kappa shape index (κ3) is 3.55. The normalized spacial score (nSPS) is 10.6. The van der Waals surface area contributed by atoms with Crippen LogP contribution < -0.4 is 10.5 Å². The van der Waals surface area contributed by atoms with Crippen LogP contribution in [0.5, 0.6) is 5.75 Å². The molecule has 1 aromatic carbocycles. The molecule has 2 rings (SSSR count). The minimum Gasteiger partial charge on any atom is -0.492 e. The highest BCUT2D eigenvalue weighted by atomic mass is 32.1. The number of methoxy groups -OCH3 is 1. The summed E-state index contributed by atoms with van der Waals surface area (Å²) in [5, 5.41) is 10.1. The highest BCUT2D eigenvalue weighted by molar-refractivity contribution is 7.14. The maximum Gasteiger partial charge on any atom is 0.348 e. The van der Waals surface area contributed by atoms with Crippen LogP contribution in [0.4, 0.5) is 5.69 Å². The van der Waals surface area contributed by atoms with E-state index in [0.717, 1.165) is 16.3 Å². The molecule has 118 valence electrons. The highest BCUT2D eigenvalue weighted by Gasteiger charge is 2.19. The zero-order valence-electron chi connectivity index (χ0n) is 12.5. The average Bonchev–Trinajstić information content (AvgIpc) is 2.92. The number of rotatable bonds is 7. The number of nitrogen functional groups attached to an aromatic ring is 1. The van der Waals surface area contributed by atoms with Crippen molar-refractivity contribution in [2.75, 3.05) is 26.1 Å². The number of carboxylic acid groups (broad SMARTS) is 1. The lowest BCUT2D eigenvalue weighted by Gasteiger charge is -2.08. The number of nitrogens with two attached hydrogens (primary N) is 1. The summed E-state index contributed by atoms with van der Waals surface area (Å²) in [6.45, 7) is 2.89. The van der Waals surface area contributed by atoms with Gasteiger partial charge in [0.05, 0.1) is 29.6 Å². The number of hydrogen-bond acceptors (Lipinski definition) is 6. The Kier molecular flexibility index (Phi) is 5.35. The summed E-state index contributed by atoms with van der Waals surface area (Å²) in [6, 6.07) is 5.18. The molecule has 1 aromatic heterocycles. The molecule has 1 heterocycles. The largest absolute Gasteiger partial charge is 0.492 e. The van der Waals surface area contributed by atoms with Gasteiger partial charge in [-0.1, -0.05) is 0 Å². The van der Waals surface area contributed by atoms with Crippen molar-refractivity contribution in [3.63, 3.8) is 0 Å². The fourth-order valence-electron chi connectivity index (χ4n) is 1.98. The lowest BCUT2D eigenvalue weighted by molar-refractivity contribution is 0.0702. The van der Waals surface area contributed by atoms with E-state index in [1.54, 1.807) is 25.3 Å². The van der Waals surface area contributed by atoms with Crippen LogP contribution >= 0.6 is 11.3 Å². The third-order valence-corrected chi connectivity index (χ3v) is 4.07. The van der Waals surface area contributed by atoms with E-state index in [-0.39, 0.29) is 4.88 Å². The molecule has 0 aliphatic carbocycles. The van der Waals surface area contributed by atoms with E-state index in [0.29, 0.717) is 42.3 Å². The Morgan fingerprint density at radius 1 is 1.45 bits per heavy atom. The van der Waals surface area contributed by atoms with E-state index in [9.17, 15) is 9.90 Å². The maximum absolute atomic E-state index is 11.4. The summed E-state index contributed by atoms with van der Waals surface area (Å²) in [5.74, 6) is -0.415. The molecule has 2 aromatic rings. The molecule has 0 bridgehead atoms. The standard InChI is InChI=1S/C15H18N2O4S/c1-3-21-11-5-4-9(8-10(11)16)13-14(15(18)19)22-12(17-13)6-7-20-2/h4-5,8H,3,6-7,16H2,1-2H3,(H,18,19). The number of aromatic nitrogens is 1. The Morgan fingerprint density at radius 3 is 2.82 bits per heavy atom. The van der Waals surface area contributed by atoms with Crippen molar-refractivity contribution >= 4 is 23.0 Å². The number of anilines is 1. The Morgan fingerprint density at radius 2 is 2.23 bits per heavy atom. The molecule has 0 amide bonds. The number of carbonyl (C=O) groups is 1. The predicted molar refractivity (Wildman–Crippen MR) is 85.7 cm³/mol. The number of aromatic carboxylic acids is 1. The van der Waals surface area contributed by atoms with Crippen molar-refractivity contribution in [1.29, 1.82) is 0 Å². The Balaban J connectivity index is 2.40. The molecule has 0 saturated carbocycles. The Bertz CT molecular complexity index is 670. The van der Waals surface area contributed by atoms with Crippen LogP contribution in [-0.4, -0.2) is 36.4 Å². The average molecular weight is 322 g/mol. The van der Waals surface area contributed by atoms with Gasteiger partial charge in [0.2, 0.25) is 0 Å². The summed E-state index contributed by atoms with van der Waals surface area (Å²) in [4.78, 5) is 16.0. The van der Waals surface area contributed by atoms with E-state index in [1.807, 2.05) is 6.92 Å². The van der Waals surface area contributed by atoms with Crippen molar-refractivity contribution in [2.24, 2.45) is 0 Å². The molecule has 0 aliphatic rings. The number of carboxylic acids is 1. The minimum atomic E-state index is -0.997. The smallest absolute Gasteiger partial charge is 0.348 e. The third-order valence-electron chi connectivity index (χ3n) is 2.97. The van der Waals surface area contributed by atoms with E-state index in [2.05, 4.69) is 4.98 Å². The SMILES string of the molecule is CCOc1ccc(-c2nc(CCOC)sc2C(=O)O)cc1N. The first kappa shape index (κ1) is 16.3. The molecule has 22 heavy (non-hydrogen) atoms. The molecule has 7 heteroatoms. The van der Waals surface area contributed by atoms with Gasteiger partial charge in [0.1, 0.15) is 10.6 Å². The van der Waals surface area contributed by atoms with Crippen LogP contribution in [0.1, 0.15) is 21.6 Å². The summed E-state index contributed by atoms with van der Waals surface area (Å²) < 4.78 is 10.4. The molecular weight excluding hydrogens is 304 g/mol. The van der Waals surface area contributed by atoms with E-state index in [4.69, 9.17) is 15.2 Å². The van der Waals surface area contributed by atoms with Crippen LogP contribution in [0, 0.1) is 0 Å². The first-order valence-electron chi connectivity index (χ1n) is 6.81. The summed E-state index contributed by atoms with van der Waals surface area (Å²) in [6.07, 6.45) is 0.577. The molecule has 0 radical (unpaired) electrons. The van der Waals surface area contributed by atoms with Crippen LogP contribution in [0.15, 0.2) is 18.2 Å². The van der Waals surface area contributed by atoms with Gasteiger partial charge in [-0.25, -0.2) is 9.78 Å². The van der Waals surface area contributed by atoms with Gasteiger partial charge >= 0.3 is 5.97 Å². The van der Waals surface area contributed by atoms with Crippen molar-refractivity contribution in [3.8, 4) is 17.0 Å². The second kappa shape index (κ2) is 7.24. The van der Waals surface area contributed by atoms with Crippen molar-refractivity contribution in [2.45, 2.75) is 13.3 Å². The van der Waals surface area contributed by atoms with Crippen LogP contribution in [-0.2, 0) is 11.2 Å². The number of thiazole rings is 1. The quantitative estimate of drug-likeness (QED) is 0.761. The maximum atomic E-state index is 11.4. The van der Waals surface area contributed by atoms with Crippen LogP contribution in [0.25, 0.3) is 11.3 Å². The zero-order valence-corrected chi connectivity index (χ0v) is 13.3. The van der Waals surface area contributed by atoms with Crippen LogP contribution in [0.3, 0.4) is 0 Å². The van der Waals surface area contributed by atoms with Gasteiger partial charge in [0.25, 0.3) is 0 Å². The van der Waals surface area contributed by atoms with Gasteiger partial charge in [-0.05, 0) is 25.1 Å². The van der Waals surface area contributed by atoms with Gasteiger partial charge in [0.15, 0.2) is 0 Å². The summed E-state index contributed by atoms with van der Waals surface area (Å²) >= 11 is 1.16. The van der Waals surface area contributed by atoms with Crippen molar-refractivity contribution < 1.29 is 19.4 Å². The minimum absolute atomic E-state index is 0.203. The molecular formula is C15H18N2O4S. The molecule has 0 atom stereocenters. The van der Waals surface area contributed by atoms with Crippen LogP contribution in [0.2, 0.25) is 0 Å². The first-order chi connectivity index (χ1) is 10.6. The van der Waals surface area contributed by atoms with Gasteiger partial charge in [-0.3, -0.25) is 0 Å². The molecule has 0 aliphatic heterocycles. The topological polar surface area (TPSA) is 94.7 Å².